The largest absolute Gasteiger partial charge is 0.460 e. The maximum Gasteiger partial charge on any atom is 0.339 e. The zero-order chi connectivity index (χ0) is 34.7. The number of epoxide rings is 1. The normalized spacial score (nSPS) is 29.8. The topological polar surface area (TPSA) is 153 Å². The van der Waals surface area contributed by atoms with Crippen molar-refractivity contribution in [2.45, 2.75) is 120 Å². The summed E-state index contributed by atoms with van der Waals surface area (Å²) >= 11 is 0. The van der Waals surface area contributed by atoms with E-state index in [0.29, 0.717) is 48.6 Å². The number of carbonyl (C=O) groups is 4. The van der Waals surface area contributed by atoms with E-state index >= 15 is 0 Å². The molecule has 6 rings (SSSR count). The van der Waals surface area contributed by atoms with Gasteiger partial charge in [0.25, 0.3) is 0 Å². The van der Waals surface area contributed by atoms with Gasteiger partial charge in [0.05, 0.1) is 30.4 Å². The average molecular weight is 681 g/mol. The van der Waals surface area contributed by atoms with E-state index in [9.17, 15) is 24.3 Å². The highest BCUT2D eigenvalue weighted by atomic mass is 16.7. The van der Waals surface area contributed by atoms with Crippen molar-refractivity contribution >= 4 is 29.8 Å². The van der Waals surface area contributed by atoms with Crippen molar-refractivity contribution in [2.24, 2.45) is 5.92 Å². The Balaban J connectivity index is 1.08. The van der Waals surface area contributed by atoms with Gasteiger partial charge in [0.15, 0.2) is 0 Å². The fraction of sp³-hybridized carbons (Fsp3) is 0.622. The van der Waals surface area contributed by atoms with E-state index in [1.165, 1.54) is 4.90 Å². The van der Waals surface area contributed by atoms with Crippen LogP contribution in [0.25, 0.3) is 6.08 Å². The van der Waals surface area contributed by atoms with Gasteiger partial charge in [-0.05, 0) is 82.9 Å². The molecule has 1 saturated carbocycles. The third-order valence-electron chi connectivity index (χ3n) is 9.80. The number of hydrogen-bond acceptors (Lipinski definition) is 10. The SMILES string of the molecule is CC(C)(C)OC(=O)CC[C@@H](CO)NC(=O)[C@H]1CCCN1C(=O)C1=C[C@H]2OCO[C@H]2[C@H](OC(=O)c2ccccc2C=CC2CCC3OC3C2)C1. The second kappa shape index (κ2) is 15.1. The first kappa shape index (κ1) is 35.3. The van der Waals surface area contributed by atoms with E-state index < -0.39 is 53.8 Å². The van der Waals surface area contributed by atoms with Gasteiger partial charge in [-0.2, -0.15) is 0 Å². The number of fused-ring (bicyclic) bond motifs is 2. The number of likely N-dealkylation sites (tertiary alicyclic amines) is 1. The molecule has 3 aliphatic heterocycles. The minimum atomic E-state index is -0.773. The van der Waals surface area contributed by atoms with E-state index in [4.69, 9.17) is 23.7 Å². The zero-order valence-electron chi connectivity index (χ0n) is 28.5. The number of aliphatic hydroxyl groups excluding tert-OH is 1. The number of ether oxygens (including phenoxy) is 5. The number of aliphatic hydroxyl groups is 1. The number of hydrogen-bond donors (Lipinski definition) is 2. The van der Waals surface area contributed by atoms with Gasteiger partial charge in [0.2, 0.25) is 11.8 Å². The van der Waals surface area contributed by atoms with Crippen LogP contribution in [-0.4, -0.2) is 102 Å². The molecular weight excluding hydrogens is 632 g/mol. The van der Waals surface area contributed by atoms with Crippen molar-refractivity contribution in [3.8, 4) is 0 Å². The number of benzene rings is 1. The molecule has 0 aromatic heterocycles. The molecule has 2 aliphatic carbocycles. The lowest BCUT2D eigenvalue weighted by molar-refractivity contribution is -0.155. The van der Waals surface area contributed by atoms with Crippen LogP contribution in [0.3, 0.4) is 0 Å². The number of allylic oxidation sites excluding steroid dienone is 1. The highest BCUT2D eigenvalue weighted by Crippen LogP contribution is 2.40. The molecule has 1 aromatic carbocycles. The first-order valence-electron chi connectivity index (χ1n) is 17.5. The van der Waals surface area contributed by atoms with Crippen LogP contribution in [0.4, 0.5) is 0 Å². The summed E-state index contributed by atoms with van der Waals surface area (Å²) in [6.07, 6.45) is 9.26. The molecule has 12 heteroatoms. The van der Waals surface area contributed by atoms with Crippen molar-refractivity contribution in [3.05, 3.63) is 53.1 Å². The maximum absolute atomic E-state index is 13.9. The zero-order valence-corrected chi connectivity index (χ0v) is 28.5. The summed E-state index contributed by atoms with van der Waals surface area (Å²) in [5.41, 5.74) is 0.938. The third-order valence-corrected chi connectivity index (χ3v) is 9.80. The Hall–Kier alpha value is -3.58. The fourth-order valence-corrected chi connectivity index (χ4v) is 7.25. The number of esters is 2. The molecule has 0 radical (unpaired) electrons. The molecule has 4 fully saturated rings. The first-order chi connectivity index (χ1) is 23.5. The Morgan fingerprint density at radius 2 is 1.92 bits per heavy atom. The van der Waals surface area contributed by atoms with Crippen molar-refractivity contribution in [1.82, 2.24) is 10.2 Å². The van der Waals surface area contributed by atoms with Crippen LogP contribution in [0.5, 0.6) is 0 Å². The average Bonchev–Trinajstić information content (AvgIpc) is 3.41. The van der Waals surface area contributed by atoms with Crippen molar-refractivity contribution in [2.75, 3.05) is 19.9 Å². The molecule has 1 aromatic rings. The van der Waals surface area contributed by atoms with Crippen molar-refractivity contribution in [1.29, 1.82) is 0 Å². The standard InChI is InChI=1S/C37H48N2O10/c1-37(2,3)49-32(41)15-13-25(20-40)38-34(42)27-9-6-16-39(27)35(43)24-18-30-33(46-21-45-30)31(19-24)48-36(44)26-8-5-4-7-23(26)12-10-22-11-14-28-29(17-22)47-28/h4-5,7-8,10,12,18,22,25,27-31,33,40H,6,9,11,13-17,19-21H2,1-3H3,(H,38,42)/t22?,25-,27+,28?,29?,30+,31+,33+/m0/s1. The summed E-state index contributed by atoms with van der Waals surface area (Å²) in [7, 11) is 0. The predicted octanol–water partition coefficient (Wildman–Crippen LogP) is 3.45. The van der Waals surface area contributed by atoms with E-state index in [0.717, 1.165) is 24.8 Å². The molecule has 266 valence electrons. The summed E-state index contributed by atoms with van der Waals surface area (Å²) in [5, 5.41) is 12.7. The van der Waals surface area contributed by atoms with Gasteiger partial charge in [0, 0.05) is 25.0 Å². The van der Waals surface area contributed by atoms with Gasteiger partial charge in [-0.1, -0.05) is 30.4 Å². The molecule has 0 bridgehead atoms. The van der Waals surface area contributed by atoms with Crippen molar-refractivity contribution < 1.29 is 48.0 Å². The van der Waals surface area contributed by atoms with Gasteiger partial charge in [-0.15, -0.1) is 0 Å². The Morgan fingerprint density at radius 3 is 2.69 bits per heavy atom. The van der Waals surface area contributed by atoms with E-state index in [1.807, 2.05) is 18.2 Å². The second-order valence-electron chi connectivity index (χ2n) is 14.6. The molecule has 3 heterocycles. The summed E-state index contributed by atoms with van der Waals surface area (Å²) in [4.78, 5) is 54.6. The number of rotatable bonds is 11. The van der Waals surface area contributed by atoms with E-state index in [-0.39, 0.29) is 38.6 Å². The lowest BCUT2D eigenvalue weighted by Gasteiger charge is -2.33. The van der Waals surface area contributed by atoms with Crippen LogP contribution in [0.2, 0.25) is 0 Å². The molecule has 49 heavy (non-hydrogen) atoms. The molecule has 5 aliphatic rings. The van der Waals surface area contributed by atoms with Gasteiger partial charge in [-0.25, -0.2) is 4.79 Å². The summed E-state index contributed by atoms with van der Waals surface area (Å²) in [6, 6.07) is 5.88. The van der Waals surface area contributed by atoms with Crippen LogP contribution in [0.1, 0.15) is 88.1 Å². The maximum atomic E-state index is 13.9. The summed E-state index contributed by atoms with van der Waals surface area (Å²) in [6.45, 7) is 5.35. The van der Waals surface area contributed by atoms with Crippen LogP contribution in [0.15, 0.2) is 42.0 Å². The Bertz CT molecular complexity index is 1470. The molecule has 0 spiro atoms. The number of carbonyl (C=O) groups excluding carboxylic acids is 4. The predicted molar refractivity (Wildman–Crippen MR) is 177 cm³/mol. The minimum Gasteiger partial charge on any atom is -0.460 e. The van der Waals surface area contributed by atoms with Gasteiger partial charge >= 0.3 is 11.9 Å². The highest BCUT2D eigenvalue weighted by Gasteiger charge is 2.45. The molecule has 2 amide bonds. The van der Waals surface area contributed by atoms with Gasteiger partial charge in [0.1, 0.15) is 36.7 Å². The molecule has 2 N–H and O–H groups in total. The molecule has 12 nitrogen and oxygen atoms in total. The van der Waals surface area contributed by atoms with Crippen molar-refractivity contribution in [3.63, 3.8) is 0 Å². The van der Waals surface area contributed by atoms with Gasteiger partial charge < -0.3 is 39.0 Å². The number of amides is 2. The van der Waals surface area contributed by atoms with Crippen LogP contribution in [0, 0.1) is 5.92 Å². The second-order valence-corrected chi connectivity index (χ2v) is 14.6. The van der Waals surface area contributed by atoms with Gasteiger partial charge in [-0.3, -0.25) is 14.4 Å². The summed E-state index contributed by atoms with van der Waals surface area (Å²) in [5.74, 6) is -1.26. The fourth-order valence-electron chi connectivity index (χ4n) is 7.25. The molecule has 3 unspecified atom stereocenters. The quantitative estimate of drug-likeness (QED) is 0.263. The monoisotopic (exact) mass is 680 g/mol. The van der Waals surface area contributed by atoms with E-state index in [1.54, 1.807) is 39.0 Å². The van der Waals surface area contributed by atoms with Crippen LogP contribution in [-0.2, 0) is 38.1 Å². The Morgan fingerprint density at radius 1 is 1.10 bits per heavy atom. The highest BCUT2D eigenvalue weighted by molar-refractivity contribution is 5.98. The Labute approximate surface area is 287 Å². The lowest BCUT2D eigenvalue weighted by Crippen LogP contribution is -2.51. The smallest absolute Gasteiger partial charge is 0.339 e. The van der Waals surface area contributed by atoms with E-state index in [2.05, 4.69) is 11.4 Å². The molecule has 3 saturated heterocycles. The number of nitrogens with zero attached hydrogens (tertiary/aromatic N) is 1. The third kappa shape index (κ3) is 8.78. The lowest BCUT2D eigenvalue weighted by atomic mass is 9.88. The molecule has 8 atom stereocenters. The molecular formula is C37H48N2O10. The van der Waals surface area contributed by atoms with Crippen LogP contribution < -0.4 is 5.32 Å². The Kier molecular flexibility index (Phi) is 10.9. The van der Waals surface area contributed by atoms with Crippen LogP contribution >= 0.6 is 0 Å². The number of nitrogens with one attached hydrogen (secondary N) is 1. The summed E-state index contributed by atoms with van der Waals surface area (Å²) < 4.78 is 28.6. The first-order valence-corrected chi connectivity index (χ1v) is 17.5. The minimum absolute atomic E-state index is 0.00816.